The highest BCUT2D eigenvalue weighted by Gasteiger charge is 2.37. The number of aromatic nitrogens is 2. The maximum absolute atomic E-state index is 13.5. The van der Waals surface area contributed by atoms with Crippen molar-refractivity contribution in [3.05, 3.63) is 81.6 Å². The van der Waals surface area contributed by atoms with Gasteiger partial charge in [0.15, 0.2) is 0 Å². The number of benzene rings is 2. The van der Waals surface area contributed by atoms with Gasteiger partial charge in [0.25, 0.3) is 5.56 Å². The van der Waals surface area contributed by atoms with E-state index in [1.165, 1.54) is 28.9 Å². The number of hydrogen-bond acceptors (Lipinski definition) is 4. The normalized spacial score (nSPS) is 14.5. The maximum Gasteiger partial charge on any atom is 0.267 e. The Labute approximate surface area is 195 Å². The summed E-state index contributed by atoms with van der Waals surface area (Å²) < 4.78 is 27.9. The zero-order chi connectivity index (χ0) is 23.8. The molecule has 0 saturated carbocycles. The van der Waals surface area contributed by atoms with Crippen LogP contribution in [0.5, 0.6) is 0 Å². The molecule has 1 amide bonds. The van der Waals surface area contributed by atoms with Crippen LogP contribution < -0.4 is 10.5 Å². The number of amides is 1. The Hall–Kier alpha value is -3.26. The van der Waals surface area contributed by atoms with Crippen molar-refractivity contribution in [2.45, 2.75) is 19.4 Å². The summed E-state index contributed by atoms with van der Waals surface area (Å²) >= 11 is 5.90. The monoisotopic (exact) mass is 472 g/mol. The number of piperazine rings is 1. The van der Waals surface area contributed by atoms with E-state index in [1.807, 2.05) is 4.90 Å². The molecule has 2 heterocycles. The number of hydrogen-bond donors (Lipinski definition) is 0. The van der Waals surface area contributed by atoms with Gasteiger partial charge in [0.1, 0.15) is 17.2 Å². The summed E-state index contributed by atoms with van der Waals surface area (Å²) in [6.07, 6.45) is 0. The van der Waals surface area contributed by atoms with Crippen molar-refractivity contribution in [2.75, 3.05) is 31.1 Å². The van der Waals surface area contributed by atoms with Gasteiger partial charge in [-0.3, -0.25) is 9.59 Å². The number of halogens is 3. The van der Waals surface area contributed by atoms with Gasteiger partial charge in [-0.25, -0.2) is 13.5 Å². The molecule has 2 aromatic carbocycles. The van der Waals surface area contributed by atoms with Crippen molar-refractivity contribution in [3.8, 4) is 11.3 Å². The van der Waals surface area contributed by atoms with Crippen molar-refractivity contribution < 1.29 is 13.6 Å². The Kier molecular flexibility index (Phi) is 6.21. The summed E-state index contributed by atoms with van der Waals surface area (Å²) in [5, 5.41) is 4.47. The van der Waals surface area contributed by atoms with Gasteiger partial charge >= 0.3 is 0 Å². The van der Waals surface area contributed by atoms with Crippen LogP contribution in [0.25, 0.3) is 11.3 Å². The van der Waals surface area contributed by atoms with Gasteiger partial charge in [-0.05, 0) is 62.4 Å². The molecule has 1 aliphatic rings. The van der Waals surface area contributed by atoms with Crippen molar-refractivity contribution in [1.82, 2.24) is 14.7 Å². The van der Waals surface area contributed by atoms with E-state index in [4.69, 9.17) is 11.6 Å². The third-order valence-corrected chi connectivity index (χ3v) is 6.12. The summed E-state index contributed by atoms with van der Waals surface area (Å²) in [5.74, 6) is -1.08. The second kappa shape index (κ2) is 8.94. The summed E-state index contributed by atoms with van der Waals surface area (Å²) in [6, 6.07) is 13.2. The summed E-state index contributed by atoms with van der Waals surface area (Å²) in [4.78, 5) is 29.7. The summed E-state index contributed by atoms with van der Waals surface area (Å²) in [6.45, 7) is 5.27. The third-order valence-electron chi connectivity index (χ3n) is 5.83. The van der Waals surface area contributed by atoms with E-state index in [-0.39, 0.29) is 16.7 Å². The van der Waals surface area contributed by atoms with Gasteiger partial charge in [0.05, 0.1) is 10.7 Å². The van der Waals surface area contributed by atoms with Crippen LogP contribution in [-0.2, 0) is 10.3 Å². The second-order valence-corrected chi connectivity index (χ2v) is 8.82. The molecule has 1 fully saturated rings. The van der Waals surface area contributed by atoms with Crippen LogP contribution in [0.1, 0.15) is 13.8 Å². The average Bonchev–Trinajstić information content (AvgIpc) is 2.81. The fraction of sp³-hybridized carbons (Fsp3) is 0.292. The lowest BCUT2D eigenvalue weighted by Gasteiger charge is -2.39. The van der Waals surface area contributed by atoms with Gasteiger partial charge in [0, 0.05) is 43.5 Å². The predicted octanol–water partition coefficient (Wildman–Crippen LogP) is 3.93. The van der Waals surface area contributed by atoms with E-state index < -0.39 is 16.9 Å². The molecule has 0 N–H and O–H groups in total. The highest BCUT2D eigenvalue weighted by molar-refractivity contribution is 6.31. The molecule has 1 aromatic heterocycles. The largest absolute Gasteiger partial charge is 0.368 e. The van der Waals surface area contributed by atoms with Crippen LogP contribution in [0.3, 0.4) is 0 Å². The fourth-order valence-corrected chi connectivity index (χ4v) is 4.09. The first-order chi connectivity index (χ1) is 15.7. The highest BCUT2D eigenvalue weighted by atomic mass is 35.5. The van der Waals surface area contributed by atoms with Crippen LogP contribution >= 0.6 is 11.6 Å². The molecule has 0 aliphatic carbocycles. The summed E-state index contributed by atoms with van der Waals surface area (Å²) in [7, 11) is 0. The van der Waals surface area contributed by atoms with E-state index >= 15 is 0 Å². The minimum Gasteiger partial charge on any atom is -0.368 e. The van der Waals surface area contributed by atoms with E-state index in [9.17, 15) is 18.4 Å². The molecule has 1 saturated heterocycles. The molecule has 0 bridgehead atoms. The van der Waals surface area contributed by atoms with Crippen LogP contribution in [0.2, 0.25) is 5.02 Å². The van der Waals surface area contributed by atoms with Crippen molar-refractivity contribution in [1.29, 1.82) is 0 Å². The number of anilines is 1. The molecule has 0 radical (unpaired) electrons. The van der Waals surface area contributed by atoms with E-state index in [2.05, 4.69) is 5.10 Å². The molecule has 0 spiro atoms. The molecule has 33 heavy (non-hydrogen) atoms. The van der Waals surface area contributed by atoms with Gasteiger partial charge in [-0.15, -0.1) is 0 Å². The van der Waals surface area contributed by atoms with Crippen LogP contribution in [0.15, 0.2) is 59.4 Å². The Bertz CT molecular complexity index is 1240. The Morgan fingerprint density at radius 1 is 0.970 bits per heavy atom. The Morgan fingerprint density at radius 2 is 1.64 bits per heavy atom. The van der Waals surface area contributed by atoms with Crippen molar-refractivity contribution in [3.63, 3.8) is 0 Å². The zero-order valence-electron chi connectivity index (χ0n) is 18.3. The molecule has 0 unspecified atom stereocenters. The lowest BCUT2D eigenvalue weighted by Crippen LogP contribution is -2.56. The SMILES string of the molecule is CC(C)(C(=O)N1CCN(c2ccc(F)c(Cl)c2)CC1)n1nc(-c2ccc(F)cc2)ccc1=O. The number of carbonyl (C=O) groups excluding carboxylic acids is 1. The fourth-order valence-electron chi connectivity index (χ4n) is 3.91. The number of carbonyl (C=O) groups is 1. The maximum atomic E-state index is 13.5. The molecule has 6 nitrogen and oxygen atoms in total. The molecule has 3 aromatic rings. The first-order valence-electron chi connectivity index (χ1n) is 10.5. The van der Waals surface area contributed by atoms with Gasteiger partial charge in [-0.1, -0.05) is 11.6 Å². The molecular formula is C24H23ClF2N4O2. The second-order valence-electron chi connectivity index (χ2n) is 8.41. The predicted molar refractivity (Wildman–Crippen MR) is 123 cm³/mol. The molecule has 172 valence electrons. The van der Waals surface area contributed by atoms with E-state index in [0.717, 1.165) is 5.69 Å². The van der Waals surface area contributed by atoms with Gasteiger partial charge in [-0.2, -0.15) is 5.10 Å². The standard InChI is InChI=1S/C24H23ClF2N4O2/c1-24(2,31-22(32)10-9-21(28-31)16-3-5-17(26)6-4-16)23(33)30-13-11-29(12-14-30)18-7-8-20(27)19(25)15-18/h3-10,15H,11-14H2,1-2H3. The quantitative estimate of drug-likeness (QED) is 0.577. The first-order valence-corrected chi connectivity index (χ1v) is 10.9. The minimum absolute atomic E-state index is 0.0543. The summed E-state index contributed by atoms with van der Waals surface area (Å²) in [5.41, 5.74) is 0.263. The molecule has 1 aliphatic heterocycles. The highest BCUT2D eigenvalue weighted by Crippen LogP contribution is 2.25. The molecule has 0 atom stereocenters. The molecule has 9 heteroatoms. The number of rotatable bonds is 4. The first kappa shape index (κ1) is 22.9. The lowest BCUT2D eigenvalue weighted by atomic mass is 10.0. The third kappa shape index (κ3) is 4.61. The molecule has 4 rings (SSSR count). The number of nitrogens with zero attached hydrogens (tertiary/aromatic N) is 4. The zero-order valence-corrected chi connectivity index (χ0v) is 19.0. The van der Waals surface area contributed by atoms with Crippen molar-refractivity contribution in [2.24, 2.45) is 0 Å². The van der Waals surface area contributed by atoms with Gasteiger partial charge in [0.2, 0.25) is 5.91 Å². The average molecular weight is 473 g/mol. The molecular weight excluding hydrogens is 450 g/mol. The van der Waals surface area contributed by atoms with Crippen molar-refractivity contribution >= 4 is 23.2 Å². The Balaban J connectivity index is 1.52. The van der Waals surface area contributed by atoms with E-state index in [0.29, 0.717) is 37.4 Å². The Morgan fingerprint density at radius 3 is 2.27 bits per heavy atom. The van der Waals surface area contributed by atoms with Gasteiger partial charge < -0.3 is 9.80 Å². The topological polar surface area (TPSA) is 58.4 Å². The minimum atomic E-state index is -1.23. The van der Waals surface area contributed by atoms with E-state index in [1.54, 1.807) is 49.1 Å². The lowest BCUT2D eigenvalue weighted by molar-refractivity contribution is -0.140. The van der Waals surface area contributed by atoms with Crippen LogP contribution in [0.4, 0.5) is 14.5 Å². The van der Waals surface area contributed by atoms with Crippen LogP contribution in [-0.4, -0.2) is 46.8 Å². The van der Waals surface area contributed by atoms with Crippen LogP contribution in [0, 0.1) is 11.6 Å². The smallest absolute Gasteiger partial charge is 0.267 e.